The third kappa shape index (κ3) is 4.58. The van der Waals surface area contributed by atoms with E-state index in [0.29, 0.717) is 17.3 Å². The van der Waals surface area contributed by atoms with E-state index in [2.05, 4.69) is 16.9 Å². The second-order valence-electron chi connectivity index (χ2n) is 5.54. The van der Waals surface area contributed by atoms with E-state index in [4.69, 9.17) is 4.74 Å². The predicted molar refractivity (Wildman–Crippen MR) is 87.2 cm³/mol. The Morgan fingerprint density at radius 2 is 2.14 bits per heavy atom. The number of amides is 1. The van der Waals surface area contributed by atoms with E-state index < -0.39 is 0 Å². The summed E-state index contributed by atoms with van der Waals surface area (Å²) in [5, 5.41) is 2.79. The second-order valence-corrected chi connectivity index (χ2v) is 5.54. The van der Waals surface area contributed by atoms with Gasteiger partial charge in [-0.15, -0.1) is 0 Å². The van der Waals surface area contributed by atoms with Crippen molar-refractivity contribution in [3.63, 3.8) is 0 Å². The molecule has 1 aliphatic carbocycles. The smallest absolute Gasteiger partial charge is 0.227 e. The van der Waals surface area contributed by atoms with Crippen molar-refractivity contribution < 1.29 is 9.53 Å². The molecule has 0 aromatic carbocycles. The number of allylic oxidation sites excluding steroid dienone is 3. The summed E-state index contributed by atoms with van der Waals surface area (Å²) in [5.74, 6) is 1.29. The molecule has 1 saturated carbocycles. The van der Waals surface area contributed by atoms with Crippen LogP contribution in [0.5, 0.6) is 5.88 Å². The molecule has 1 fully saturated rings. The van der Waals surface area contributed by atoms with E-state index >= 15 is 0 Å². The van der Waals surface area contributed by atoms with Crippen LogP contribution in [0, 0.1) is 19.8 Å². The lowest BCUT2D eigenvalue weighted by Gasteiger charge is -2.09. The van der Waals surface area contributed by atoms with Crippen LogP contribution in [0.15, 0.2) is 48.5 Å². The average molecular weight is 298 g/mol. The van der Waals surface area contributed by atoms with E-state index in [0.717, 1.165) is 24.0 Å². The van der Waals surface area contributed by atoms with Gasteiger partial charge in [0.25, 0.3) is 0 Å². The molecule has 1 aromatic heterocycles. The highest BCUT2D eigenvalue weighted by atomic mass is 16.5. The Morgan fingerprint density at radius 1 is 1.41 bits per heavy atom. The topological polar surface area (TPSA) is 51.2 Å². The molecule has 1 amide bonds. The van der Waals surface area contributed by atoms with Crippen molar-refractivity contribution in [1.29, 1.82) is 0 Å². The van der Waals surface area contributed by atoms with Crippen LogP contribution in [0.1, 0.15) is 30.9 Å². The second kappa shape index (κ2) is 7.07. The molecular formula is C18H22N2O2. The number of rotatable bonds is 6. The fourth-order valence-corrected chi connectivity index (χ4v) is 1.86. The predicted octanol–water partition coefficient (Wildman–Crippen LogP) is 3.58. The zero-order chi connectivity index (χ0) is 16.1. The van der Waals surface area contributed by atoms with E-state index in [1.165, 1.54) is 0 Å². The minimum atomic E-state index is 0.0328. The highest BCUT2D eigenvalue weighted by molar-refractivity contribution is 5.82. The van der Waals surface area contributed by atoms with Crippen LogP contribution < -0.4 is 10.1 Å². The quantitative estimate of drug-likeness (QED) is 0.645. The van der Waals surface area contributed by atoms with Gasteiger partial charge in [0.15, 0.2) is 0 Å². The summed E-state index contributed by atoms with van der Waals surface area (Å²) in [6.45, 7) is 9.77. The van der Waals surface area contributed by atoms with E-state index in [-0.39, 0.29) is 11.8 Å². The fraction of sp³-hybridized carbons (Fsp3) is 0.333. The fourth-order valence-electron chi connectivity index (χ4n) is 1.86. The van der Waals surface area contributed by atoms with Crippen LogP contribution in [0.4, 0.5) is 0 Å². The normalized spacial score (nSPS) is 15.0. The summed E-state index contributed by atoms with van der Waals surface area (Å²) in [6.07, 6.45) is 9.09. The lowest BCUT2D eigenvalue weighted by molar-refractivity contribution is -0.121. The number of carbonyl (C=O) groups is 1. The summed E-state index contributed by atoms with van der Waals surface area (Å²) >= 11 is 0. The van der Waals surface area contributed by atoms with Crippen LogP contribution in [0.3, 0.4) is 0 Å². The van der Waals surface area contributed by atoms with Gasteiger partial charge in [-0.3, -0.25) is 4.79 Å². The van der Waals surface area contributed by atoms with Crippen molar-refractivity contribution in [2.45, 2.75) is 33.6 Å². The maximum absolute atomic E-state index is 11.7. The van der Waals surface area contributed by atoms with Crippen LogP contribution in [0.25, 0.3) is 0 Å². The Bertz CT molecular complexity index is 640. The molecule has 1 aliphatic rings. The van der Waals surface area contributed by atoms with Gasteiger partial charge in [0.05, 0.1) is 0 Å². The minimum absolute atomic E-state index is 0.0328. The molecule has 4 nitrogen and oxygen atoms in total. The van der Waals surface area contributed by atoms with Gasteiger partial charge in [-0.1, -0.05) is 12.7 Å². The Labute approximate surface area is 131 Å². The van der Waals surface area contributed by atoms with E-state index in [1.807, 2.05) is 39.0 Å². The van der Waals surface area contributed by atoms with Gasteiger partial charge >= 0.3 is 0 Å². The summed E-state index contributed by atoms with van der Waals surface area (Å²) < 4.78 is 5.77. The third-order valence-corrected chi connectivity index (χ3v) is 3.45. The molecule has 0 saturated heterocycles. The van der Waals surface area contributed by atoms with Crippen LogP contribution in [-0.4, -0.2) is 10.9 Å². The van der Waals surface area contributed by atoms with Crippen molar-refractivity contribution in [2.24, 2.45) is 5.92 Å². The molecule has 0 aliphatic heterocycles. The lowest BCUT2D eigenvalue weighted by Crippen LogP contribution is -2.23. The number of nitrogens with one attached hydrogen (secondary N) is 1. The SMILES string of the molecule is C=C(/C=C(\C=C/C)Oc1cc(C)c(C)cn1)NC(=O)C1CC1. The van der Waals surface area contributed by atoms with E-state index in [1.54, 1.807) is 12.3 Å². The van der Waals surface area contributed by atoms with E-state index in [9.17, 15) is 4.79 Å². The molecule has 1 N–H and O–H groups in total. The molecule has 0 bridgehead atoms. The zero-order valence-corrected chi connectivity index (χ0v) is 13.3. The molecule has 1 heterocycles. The number of ether oxygens (including phenoxy) is 1. The maximum Gasteiger partial charge on any atom is 0.227 e. The highest BCUT2D eigenvalue weighted by Gasteiger charge is 2.29. The summed E-state index contributed by atoms with van der Waals surface area (Å²) in [7, 11) is 0. The highest BCUT2D eigenvalue weighted by Crippen LogP contribution is 2.29. The first kappa shape index (κ1) is 16.0. The van der Waals surface area contributed by atoms with Crippen LogP contribution in [-0.2, 0) is 4.79 Å². The molecule has 0 unspecified atom stereocenters. The number of pyridine rings is 1. The van der Waals surface area contributed by atoms with Crippen molar-refractivity contribution in [1.82, 2.24) is 10.3 Å². The van der Waals surface area contributed by atoms with Crippen molar-refractivity contribution in [3.05, 3.63) is 59.7 Å². The molecule has 116 valence electrons. The van der Waals surface area contributed by atoms with Gasteiger partial charge in [-0.2, -0.15) is 0 Å². The monoisotopic (exact) mass is 298 g/mol. The molecule has 0 spiro atoms. The van der Waals surface area contributed by atoms with Gasteiger partial charge in [0, 0.05) is 30.0 Å². The number of aryl methyl sites for hydroxylation is 2. The van der Waals surface area contributed by atoms with Crippen LogP contribution in [0.2, 0.25) is 0 Å². The van der Waals surface area contributed by atoms with Gasteiger partial charge in [-0.05, 0) is 50.8 Å². The summed E-state index contributed by atoms with van der Waals surface area (Å²) in [6, 6.07) is 1.89. The molecule has 0 radical (unpaired) electrons. The first-order chi connectivity index (χ1) is 10.5. The average Bonchev–Trinajstić information content (AvgIpc) is 3.27. The molecule has 4 heteroatoms. The van der Waals surface area contributed by atoms with Crippen molar-refractivity contribution in [2.75, 3.05) is 0 Å². The summed E-state index contributed by atoms with van der Waals surface area (Å²) in [5.41, 5.74) is 2.75. The van der Waals surface area contributed by atoms with Gasteiger partial charge in [0.1, 0.15) is 5.76 Å². The maximum atomic E-state index is 11.7. The molecular weight excluding hydrogens is 276 g/mol. The molecule has 22 heavy (non-hydrogen) atoms. The Balaban J connectivity index is 2.07. The zero-order valence-electron chi connectivity index (χ0n) is 13.3. The number of nitrogens with zero attached hydrogens (tertiary/aromatic N) is 1. The van der Waals surface area contributed by atoms with Crippen molar-refractivity contribution >= 4 is 5.91 Å². The summed E-state index contributed by atoms with van der Waals surface area (Å²) in [4.78, 5) is 16.0. The number of hydrogen-bond donors (Lipinski definition) is 1. The molecule has 1 aromatic rings. The van der Waals surface area contributed by atoms with Gasteiger partial charge < -0.3 is 10.1 Å². The number of carbonyl (C=O) groups excluding carboxylic acids is 1. The minimum Gasteiger partial charge on any atom is -0.439 e. The molecule has 0 atom stereocenters. The lowest BCUT2D eigenvalue weighted by atomic mass is 10.2. The number of hydrogen-bond acceptors (Lipinski definition) is 3. The Morgan fingerprint density at radius 3 is 2.73 bits per heavy atom. The van der Waals surface area contributed by atoms with Crippen LogP contribution >= 0.6 is 0 Å². The first-order valence-electron chi connectivity index (χ1n) is 7.45. The first-order valence-corrected chi connectivity index (χ1v) is 7.45. The van der Waals surface area contributed by atoms with Gasteiger partial charge in [-0.25, -0.2) is 4.98 Å². The standard InChI is InChI=1S/C18H22N2O2/c1-5-6-16(10-14(4)20-18(21)15-7-8-15)22-17-9-12(2)13(3)11-19-17/h5-6,9-11,15H,4,7-8H2,1-3H3,(H,20,21)/b6-5-,16-10+. The Kier molecular flexibility index (Phi) is 5.15. The Hall–Kier alpha value is -2.36. The van der Waals surface area contributed by atoms with Gasteiger partial charge in [0.2, 0.25) is 11.8 Å². The molecule has 2 rings (SSSR count). The largest absolute Gasteiger partial charge is 0.439 e. The van der Waals surface area contributed by atoms with Crippen molar-refractivity contribution in [3.8, 4) is 5.88 Å². The number of aromatic nitrogens is 1. The third-order valence-electron chi connectivity index (χ3n) is 3.45.